The molecule has 3 rings (SSSR count). The third-order valence-corrected chi connectivity index (χ3v) is 4.93. The van der Waals surface area contributed by atoms with Gasteiger partial charge in [-0.05, 0) is 57.7 Å². The largest absolute Gasteiger partial charge is 0.444 e. The molecule has 0 aromatic heterocycles. The van der Waals surface area contributed by atoms with Crippen molar-refractivity contribution >= 4 is 23.7 Å². The van der Waals surface area contributed by atoms with Crippen LogP contribution in [0.4, 0.5) is 4.79 Å². The van der Waals surface area contributed by atoms with E-state index in [1.807, 2.05) is 4.90 Å². The number of piperidine rings is 1. The second-order valence-electron chi connectivity index (χ2n) is 8.48. The van der Waals surface area contributed by atoms with E-state index in [1.54, 1.807) is 39.0 Å². The molecular weight excluding hydrogens is 372 g/mol. The first-order chi connectivity index (χ1) is 13.6. The number of amidine groups is 1. The van der Waals surface area contributed by atoms with Gasteiger partial charge in [0.2, 0.25) is 5.91 Å². The topological polar surface area (TPSA) is 103 Å². The summed E-state index contributed by atoms with van der Waals surface area (Å²) in [5.74, 6) is -0.300. The van der Waals surface area contributed by atoms with Crippen LogP contribution >= 0.6 is 0 Å². The first kappa shape index (κ1) is 20.8. The van der Waals surface area contributed by atoms with Crippen molar-refractivity contribution in [3.63, 3.8) is 0 Å². The van der Waals surface area contributed by atoms with Crippen LogP contribution in [0, 0.1) is 5.41 Å². The lowest BCUT2D eigenvalue weighted by atomic mass is 10.1. The van der Waals surface area contributed by atoms with Gasteiger partial charge in [0.1, 0.15) is 18.0 Å². The quantitative estimate of drug-likeness (QED) is 0.601. The zero-order valence-electron chi connectivity index (χ0n) is 17.2. The Labute approximate surface area is 170 Å². The van der Waals surface area contributed by atoms with Crippen LogP contribution in [0.3, 0.4) is 0 Å². The van der Waals surface area contributed by atoms with Gasteiger partial charge in [-0.1, -0.05) is 6.07 Å². The van der Waals surface area contributed by atoms with Crippen LogP contribution < -0.4 is 5.32 Å². The standard InChI is InChI=1S/C21H28N4O4/c1-21(2,3)29-20(28)23-18(22)14-7-8-16-15(11-14)12-25(19(16)27)13-17(26)24-9-5-4-6-10-24/h7-8,11H,4-6,9-10,12-13H2,1-3H3,(H2,22,23,28). The number of nitrogens with zero attached hydrogens (tertiary/aromatic N) is 2. The van der Waals surface area contributed by atoms with E-state index in [4.69, 9.17) is 10.1 Å². The molecule has 0 spiro atoms. The van der Waals surface area contributed by atoms with E-state index >= 15 is 0 Å². The summed E-state index contributed by atoms with van der Waals surface area (Å²) in [6.45, 7) is 7.14. The van der Waals surface area contributed by atoms with Gasteiger partial charge in [-0.25, -0.2) is 4.79 Å². The Bertz CT molecular complexity index is 838. The number of hydrogen-bond acceptors (Lipinski definition) is 5. The fourth-order valence-electron chi connectivity index (χ4n) is 3.55. The molecule has 0 unspecified atom stereocenters. The number of ether oxygens (including phenoxy) is 1. The minimum absolute atomic E-state index is 0.0228. The van der Waals surface area contributed by atoms with E-state index in [0.29, 0.717) is 17.7 Å². The highest BCUT2D eigenvalue weighted by molar-refractivity contribution is 6.06. The van der Waals surface area contributed by atoms with Crippen molar-refractivity contribution < 1.29 is 19.1 Å². The van der Waals surface area contributed by atoms with Gasteiger partial charge in [0.15, 0.2) is 0 Å². The molecule has 1 aromatic carbocycles. The van der Waals surface area contributed by atoms with Crippen LogP contribution in [-0.4, -0.2) is 58.8 Å². The number of carbonyl (C=O) groups is 3. The SMILES string of the molecule is CC(C)(C)OC(=O)NC(=N)c1ccc2c(c1)CN(CC(=O)N1CCCCC1)C2=O. The Morgan fingerprint density at radius 2 is 1.86 bits per heavy atom. The van der Waals surface area contributed by atoms with Crippen molar-refractivity contribution in [1.29, 1.82) is 5.41 Å². The molecule has 0 bridgehead atoms. The molecule has 2 aliphatic heterocycles. The van der Waals surface area contributed by atoms with Crippen molar-refractivity contribution in [3.8, 4) is 0 Å². The van der Waals surface area contributed by atoms with Crippen LogP contribution in [0.25, 0.3) is 0 Å². The molecule has 2 aliphatic rings. The maximum Gasteiger partial charge on any atom is 0.413 e. The summed E-state index contributed by atoms with van der Waals surface area (Å²) in [4.78, 5) is 40.4. The van der Waals surface area contributed by atoms with Crippen molar-refractivity contribution in [3.05, 3.63) is 34.9 Å². The van der Waals surface area contributed by atoms with Crippen molar-refractivity contribution in [1.82, 2.24) is 15.1 Å². The number of amides is 3. The summed E-state index contributed by atoms with van der Waals surface area (Å²) >= 11 is 0. The van der Waals surface area contributed by atoms with Gasteiger partial charge in [0, 0.05) is 30.8 Å². The molecule has 0 aliphatic carbocycles. The van der Waals surface area contributed by atoms with E-state index in [1.165, 1.54) is 4.90 Å². The number of alkyl carbamates (subject to hydrolysis) is 1. The van der Waals surface area contributed by atoms with Gasteiger partial charge in [-0.15, -0.1) is 0 Å². The molecule has 1 fully saturated rings. The Kier molecular flexibility index (Phi) is 5.91. The minimum atomic E-state index is -0.701. The smallest absolute Gasteiger partial charge is 0.413 e. The summed E-state index contributed by atoms with van der Waals surface area (Å²) in [5, 5.41) is 10.5. The monoisotopic (exact) mass is 400 g/mol. The molecule has 0 radical (unpaired) electrons. The van der Waals surface area contributed by atoms with Crippen molar-refractivity contribution in [2.24, 2.45) is 0 Å². The number of rotatable bonds is 3. The average molecular weight is 400 g/mol. The molecular formula is C21H28N4O4. The molecule has 8 nitrogen and oxygen atoms in total. The van der Waals surface area contributed by atoms with Crippen LogP contribution in [-0.2, 0) is 16.1 Å². The lowest BCUT2D eigenvalue weighted by Gasteiger charge is -2.28. The second kappa shape index (κ2) is 8.23. The predicted octanol–water partition coefficient (Wildman–Crippen LogP) is 2.50. The van der Waals surface area contributed by atoms with E-state index in [2.05, 4.69) is 5.32 Å². The Hall–Kier alpha value is -2.90. The number of nitrogens with one attached hydrogen (secondary N) is 2. The average Bonchev–Trinajstić information content (AvgIpc) is 2.95. The van der Waals surface area contributed by atoms with Crippen LogP contribution in [0.15, 0.2) is 18.2 Å². The maximum atomic E-state index is 12.6. The number of likely N-dealkylation sites (tertiary alicyclic amines) is 1. The van der Waals surface area contributed by atoms with Crippen LogP contribution in [0.1, 0.15) is 61.5 Å². The molecule has 0 atom stereocenters. The lowest BCUT2D eigenvalue weighted by Crippen LogP contribution is -2.42. The Balaban J connectivity index is 1.63. The van der Waals surface area contributed by atoms with Gasteiger partial charge >= 0.3 is 6.09 Å². The van der Waals surface area contributed by atoms with Gasteiger partial charge in [0.25, 0.3) is 5.91 Å². The highest BCUT2D eigenvalue weighted by atomic mass is 16.6. The molecule has 1 aromatic rings. The number of fused-ring (bicyclic) bond motifs is 1. The molecule has 1 saturated heterocycles. The molecule has 3 amide bonds. The number of hydrogen-bond donors (Lipinski definition) is 2. The fourth-order valence-corrected chi connectivity index (χ4v) is 3.55. The Morgan fingerprint density at radius 3 is 2.52 bits per heavy atom. The number of benzene rings is 1. The minimum Gasteiger partial charge on any atom is -0.444 e. The third-order valence-electron chi connectivity index (χ3n) is 4.93. The first-order valence-corrected chi connectivity index (χ1v) is 9.93. The molecule has 8 heteroatoms. The lowest BCUT2D eigenvalue weighted by molar-refractivity contribution is -0.132. The van der Waals surface area contributed by atoms with Crippen molar-refractivity contribution in [2.75, 3.05) is 19.6 Å². The summed E-state index contributed by atoms with van der Waals surface area (Å²) < 4.78 is 5.16. The van der Waals surface area contributed by atoms with E-state index in [0.717, 1.165) is 37.9 Å². The fraction of sp³-hybridized carbons (Fsp3) is 0.524. The highest BCUT2D eigenvalue weighted by Crippen LogP contribution is 2.24. The van der Waals surface area contributed by atoms with E-state index in [9.17, 15) is 14.4 Å². The van der Waals surface area contributed by atoms with Gasteiger partial charge in [-0.2, -0.15) is 0 Å². The molecule has 2 heterocycles. The second-order valence-corrected chi connectivity index (χ2v) is 8.48. The summed E-state index contributed by atoms with van der Waals surface area (Å²) in [5.41, 5.74) is 1.10. The van der Waals surface area contributed by atoms with E-state index < -0.39 is 11.7 Å². The zero-order valence-corrected chi connectivity index (χ0v) is 17.2. The molecule has 0 saturated carbocycles. The highest BCUT2D eigenvalue weighted by Gasteiger charge is 2.31. The molecule has 156 valence electrons. The van der Waals surface area contributed by atoms with Crippen LogP contribution in [0.5, 0.6) is 0 Å². The van der Waals surface area contributed by atoms with Gasteiger partial charge < -0.3 is 14.5 Å². The summed E-state index contributed by atoms with van der Waals surface area (Å²) in [6.07, 6.45) is 2.46. The third kappa shape index (κ3) is 5.13. The predicted molar refractivity (Wildman–Crippen MR) is 108 cm³/mol. The number of carbonyl (C=O) groups excluding carboxylic acids is 3. The molecule has 2 N–H and O–H groups in total. The molecule has 29 heavy (non-hydrogen) atoms. The first-order valence-electron chi connectivity index (χ1n) is 9.93. The summed E-state index contributed by atoms with van der Waals surface area (Å²) in [6, 6.07) is 4.97. The van der Waals surface area contributed by atoms with Crippen LogP contribution in [0.2, 0.25) is 0 Å². The normalized spacial score (nSPS) is 16.4. The Morgan fingerprint density at radius 1 is 1.17 bits per heavy atom. The van der Waals surface area contributed by atoms with Crippen molar-refractivity contribution in [2.45, 2.75) is 52.2 Å². The zero-order chi connectivity index (χ0) is 21.2. The van der Waals surface area contributed by atoms with E-state index in [-0.39, 0.29) is 24.2 Å². The summed E-state index contributed by atoms with van der Waals surface area (Å²) in [7, 11) is 0. The maximum absolute atomic E-state index is 12.6. The van der Waals surface area contributed by atoms with Gasteiger partial charge in [0.05, 0.1) is 0 Å². The van der Waals surface area contributed by atoms with Gasteiger partial charge in [-0.3, -0.25) is 20.3 Å².